The summed E-state index contributed by atoms with van der Waals surface area (Å²) in [6.07, 6.45) is 3.46. The van der Waals surface area contributed by atoms with Crippen molar-refractivity contribution >= 4 is 22.7 Å². The zero-order chi connectivity index (χ0) is 25.6. The molecule has 5 rings (SSSR count). The number of benzene rings is 3. The first kappa shape index (κ1) is 24.7. The van der Waals surface area contributed by atoms with Crippen LogP contribution in [0.5, 0.6) is 0 Å². The van der Waals surface area contributed by atoms with Crippen LogP contribution in [0.4, 0.5) is 0 Å². The number of likely N-dealkylation sites (tertiary alicyclic amines) is 1. The lowest BCUT2D eigenvalue weighted by molar-refractivity contribution is 0.0559. The highest BCUT2D eigenvalue weighted by Crippen LogP contribution is 2.27. The molecule has 0 bridgehead atoms. The van der Waals surface area contributed by atoms with Gasteiger partial charge in [-0.05, 0) is 48.7 Å². The molecule has 1 aliphatic rings. The molecule has 0 radical (unpaired) electrons. The third kappa shape index (κ3) is 5.39. The van der Waals surface area contributed by atoms with Gasteiger partial charge < -0.3 is 15.5 Å². The SMILES string of the molecule is CCNC1CCC(CNC(=O)c2cccc3cccnc23)N(C(=O)c2ccccc2-c2ccccc2)C1. The first-order valence-electron chi connectivity index (χ1n) is 13.0. The molecule has 2 unspecified atom stereocenters. The Bertz CT molecular complexity index is 1380. The maximum atomic E-state index is 14.0. The highest BCUT2D eigenvalue weighted by molar-refractivity contribution is 6.05. The van der Waals surface area contributed by atoms with E-state index in [9.17, 15) is 9.59 Å². The third-order valence-electron chi connectivity index (χ3n) is 7.08. The van der Waals surface area contributed by atoms with E-state index < -0.39 is 0 Å². The van der Waals surface area contributed by atoms with Gasteiger partial charge in [0.25, 0.3) is 11.8 Å². The largest absolute Gasteiger partial charge is 0.350 e. The summed E-state index contributed by atoms with van der Waals surface area (Å²) in [6, 6.07) is 27.3. The van der Waals surface area contributed by atoms with Gasteiger partial charge in [0.15, 0.2) is 0 Å². The van der Waals surface area contributed by atoms with Gasteiger partial charge in [0.2, 0.25) is 0 Å². The number of aromatic nitrogens is 1. The van der Waals surface area contributed by atoms with Crippen LogP contribution in [0.15, 0.2) is 91.1 Å². The van der Waals surface area contributed by atoms with Crippen molar-refractivity contribution in [3.63, 3.8) is 0 Å². The maximum Gasteiger partial charge on any atom is 0.254 e. The number of rotatable bonds is 7. The van der Waals surface area contributed by atoms with E-state index in [0.29, 0.717) is 29.7 Å². The lowest BCUT2D eigenvalue weighted by Crippen LogP contribution is -2.56. The van der Waals surface area contributed by atoms with E-state index in [1.165, 1.54) is 0 Å². The van der Waals surface area contributed by atoms with Crippen molar-refractivity contribution in [1.29, 1.82) is 0 Å². The van der Waals surface area contributed by atoms with Crippen LogP contribution in [0.2, 0.25) is 0 Å². The number of likely N-dealkylation sites (N-methyl/N-ethyl adjacent to an activating group) is 1. The Balaban J connectivity index is 1.39. The summed E-state index contributed by atoms with van der Waals surface area (Å²) in [5, 5.41) is 7.53. The van der Waals surface area contributed by atoms with E-state index in [1.807, 2.05) is 83.8 Å². The Morgan fingerprint density at radius 3 is 2.49 bits per heavy atom. The molecule has 6 heteroatoms. The molecule has 188 valence electrons. The van der Waals surface area contributed by atoms with Crippen LogP contribution in [-0.4, -0.2) is 53.4 Å². The maximum absolute atomic E-state index is 14.0. The minimum absolute atomic E-state index is 0.00636. The molecule has 6 nitrogen and oxygen atoms in total. The number of piperidine rings is 1. The number of carbonyl (C=O) groups excluding carboxylic acids is 2. The van der Waals surface area contributed by atoms with E-state index in [4.69, 9.17) is 0 Å². The van der Waals surface area contributed by atoms with Crippen LogP contribution in [0.25, 0.3) is 22.0 Å². The van der Waals surface area contributed by atoms with Gasteiger partial charge in [-0.2, -0.15) is 0 Å². The second-order valence-corrected chi connectivity index (χ2v) is 9.45. The number of amides is 2. The van der Waals surface area contributed by atoms with E-state index >= 15 is 0 Å². The van der Waals surface area contributed by atoms with Gasteiger partial charge in [0.1, 0.15) is 0 Å². The standard InChI is InChI=1S/C31H32N4O2/c1-2-32-24-17-18-25(20-34-30(36)28-16-8-12-23-13-9-19-33-29(23)28)35(21-24)31(37)27-15-7-6-14-26(27)22-10-4-3-5-11-22/h3-16,19,24-25,32H,2,17-18,20-21H2,1H3,(H,34,36). The monoisotopic (exact) mass is 492 g/mol. The average Bonchev–Trinajstić information content (AvgIpc) is 2.96. The fraction of sp³-hybridized carbons (Fsp3) is 0.258. The van der Waals surface area contributed by atoms with Gasteiger partial charge in [-0.1, -0.05) is 73.7 Å². The Morgan fingerprint density at radius 2 is 1.65 bits per heavy atom. The summed E-state index contributed by atoms with van der Waals surface area (Å²) < 4.78 is 0. The van der Waals surface area contributed by atoms with Crippen LogP contribution < -0.4 is 10.6 Å². The van der Waals surface area contributed by atoms with Crippen molar-refractivity contribution in [2.75, 3.05) is 19.6 Å². The molecule has 37 heavy (non-hydrogen) atoms. The van der Waals surface area contributed by atoms with Gasteiger partial charge in [0, 0.05) is 42.3 Å². The Kier molecular flexibility index (Phi) is 7.57. The summed E-state index contributed by atoms with van der Waals surface area (Å²) in [6.45, 7) is 3.93. The molecule has 1 fully saturated rings. The minimum atomic E-state index is -0.171. The minimum Gasteiger partial charge on any atom is -0.350 e. The first-order valence-corrected chi connectivity index (χ1v) is 13.0. The molecule has 2 atom stereocenters. The van der Waals surface area contributed by atoms with Crippen LogP contribution in [0.1, 0.15) is 40.5 Å². The van der Waals surface area contributed by atoms with E-state index in [-0.39, 0.29) is 23.9 Å². The lowest BCUT2D eigenvalue weighted by atomic mass is 9.94. The number of pyridine rings is 1. The summed E-state index contributed by atoms with van der Waals surface area (Å²) in [4.78, 5) is 33.6. The van der Waals surface area contributed by atoms with Gasteiger partial charge >= 0.3 is 0 Å². The molecule has 4 aromatic rings. The molecule has 2 heterocycles. The number of nitrogens with zero attached hydrogens (tertiary/aromatic N) is 2. The fourth-order valence-electron chi connectivity index (χ4n) is 5.23. The Hall–Kier alpha value is -4.03. The summed E-state index contributed by atoms with van der Waals surface area (Å²) >= 11 is 0. The summed E-state index contributed by atoms with van der Waals surface area (Å²) in [5.41, 5.74) is 3.85. The molecule has 2 N–H and O–H groups in total. The average molecular weight is 493 g/mol. The Morgan fingerprint density at radius 1 is 0.892 bits per heavy atom. The predicted molar refractivity (Wildman–Crippen MR) is 147 cm³/mol. The fourth-order valence-corrected chi connectivity index (χ4v) is 5.23. The van der Waals surface area contributed by atoms with Crippen molar-refractivity contribution in [3.8, 4) is 11.1 Å². The second kappa shape index (κ2) is 11.4. The van der Waals surface area contributed by atoms with Gasteiger partial charge in [-0.25, -0.2) is 0 Å². The topological polar surface area (TPSA) is 74.3 Å². The quantitative estimate of drug-likeness (QED) is 0.384. The third-order valence-corrected chi connectivity index (χ3v) is 7.08. The van der Waals surface area contributed by atoms with Crippen LogP contribution in [-0.2, 0) is 0 Å². The molecule has 1 saturated heterocycles. The second-order valence-electron chi connectivity index (χ2n) is 9.45. The Labute approximate surface area is 217 Å². The van der Waals surface area contributed by atoms with Gasteiger partial charge in [-0.15, -0.1) is 0 Å². The van der Waals surface area contributed by atoms with E-state index in [0.717, 1.165) is 35.9 Å². The number of para-hydroxylation sites is 1. The van der Waals surface area contributed by atoms with Crippen molar-refractivity contribution < 1.29 is 9.59 Å². The molecule has 0 spiro atoms. The number of nitrogens with one attached hydrogen (secondary N) is 2. The number of hydrogen-bond acceptors (Lipinski definition) is 4. The zero-order valence-electron chi connectivity index (χ0n) is 21.1. The van der Waals surface area contributed by atoms with Crippen molar-refractivity contribution in [2.45, 2.75) is 31.8 Å². The predicted octanol–water partition coefficient (Wildman–Crippen LogP) is 4.91. The summed E-state index contributed by atoms with van der Waals surface area (Å²) in [7, 11) is 0. The van der Waals surface area contributed by atoms with Crippen LogP contribution in [0.3, 0.4) is 0 Å². The molecule has 0 aliphatic carbocycles. The molecule has 2 amide bonds. The van der Waals surface area contributed by atoms with Crippen LogP contribution in [0, 0.1) is 0 Å². The van der Waals surface area contributed by atoms with Crippen molar-refractivity contribution in [3.05, 3.63) is 102 Å². The van der Waals surface area contributed by atoms with Gasteiger partial charge in [-0.3, -0.25) is 14.6 Å². The molecule has 1 aliphatic heterocycles. The highest BCUT2D eigenvalue weighted by Gasteiger charge is 2.33. The lowest BCUT2D eigenvalue weighted by Gasteiger charge is -2.40. The van der Waals surface area contributed by atoms with Gasteiger partial charge in [0.05, 0.1) is 11.1 Å². The normalized spacial score (nSPS) is 17.5. The molecular formula is C31H32N4O2. The zero-order valence-corrected chi connectivity index (χ0v) is 21.1. The highest BCUT2D eigenvalue weighted by atomic mass is 16.2. The smallest absolute Gasteiger partial charge is 0.254 e. The van der Waals surface area contributed by atoms with Crippen molar-refractivity contribution in [1.82, 2.24) is 20.5 Å². The van der Waals surface area contributed by atoms with Crippen LogP contribution >= 0.6 is 0 Å². The van der Waals surface area contributed by atoms with E-state index in [2.05, 4.69) is 22.5 Å². The number of hydrogen-bond donors (Lipinski definition) is 2. The summed E-state index contributed by atoms with van der Waals surface area (Å²) in [5.74, 6) is -0.177. The number of carbonyl (C=O) groups is 2. The molecular weight excluding hydrogens is 460 g/mol. The molecule has 3 aromatic carbocycles. The van der Waals surface area contributed by atoms with Crippen molar-refractivity contribution in [2.24, 2.45) is 0 Å². The molecule has 0 saturated carbocycles. The van der Waals surface area contributed by atoms with E-state index in [1.54, 1.807) is 12.3 Å². The first-order chi connectivity index (χ1) is 18.2. The molecule has 1 aromatic heterocycles. The number of fused-ring (bicyclic) bond motifs is 1.